The number of carbonyl (C=O) groups excluding carboxylic acids is 1. The zero-order valence-electron chi connectivity index (χ0n) is 13.9. The van der Waals surface area contributed by atoms with Crippen molar-refractivity contribution in [1.29, 1.82) is 0 Å². The maximum Gasteiger partial charge on any atom is 0.306 e. The number of hydrogen-bond donors (Lipinski definition) is 1. The van der Waals surface area contributed by atoms with Crippen LogP contribution in [0.5, 0.6) is 0 Å². The van der Waals surface area contributed by atoms with Gasteiger partial charge in [0.05, 0.1) is 5.92 Å². The molecule has 1 unspecified atom stereocenters. The van der Waals surface area contributed by atoms with Crippen LogP contribution >= 0.6 is 0 Å². The summed E-state index contributed by atoms with van der Waals surface area (Å²) in [5, 5.41) is 8.95. The molecule has 0 fully saturated rings. The van der Waals surface area contributed by atoms with Gasteiger partial charge in [0, 0.05) is 11.1 Å². The lowest BCUT2D eigenvalue weighted by molar-refractivity contribution is -0.141. The lowest BCUT2D eigenvalue weighted by atomic mass is 9.95. The van der Waals surface area contributed by atoms with Crippen molar-refractivity contribution in [3.8, 4) is 0 Å². The molecule has 1 aliphatic carbocycles. The van der Waals surface area contributed by atoms with Crippen LogP contribution in [0.1, 0.15) is 52.4 Å². The summed E-state index contributed by atoms with van der Waals surface area (Å²) in [6.07, 6.45) is 4.13. The number of benzene rings is 2. The lowest BCUT2D eigenvalue weighted by Crippen LogP contribution is -2.09. The molecule has 1 N–H and O–H groups in total. The minimum atomic E-state index is -0.736. The average molecular weight is 322 g/mol. The number of fused-ring (bicyclic) bond motifs is 2. The van der Waals surface area contributed by atoms with Crippen molar-refractivity contribution in [2.24, 2.45) is 5.92 Å². The maximum absolute atomic E-state index is 12.8. The fraction of sp³-hybridized carbons (Fsp3) is 0.333. The van der Waals surface area contributed by atoms with Crippen LogP contribution in [0.4, 0.5) is 0 Å². The van der Waals surface area contributed by atoms with Gasteiger partial charge >= 0.3 is 5.97 Å². The molecule has 1 aliphatic rings. The van der Waals surface area contributed by atoms with E-state index in [0.717, 1.165) is 47.9 Å². The minimum absolute atomic E-state index is 0.115. The molecule has 0 saturated carbocycles. The van der Waals surface area contributed by atoms with E-state index in [4.69, 9.17) is 5.11 Å². The summed E-state index contributed by atoms with van der Waals surface area (Å²) < 4.78 is 0. The molecule has 0 heterocycles. The molecule has 0 amide bonds. The van der Waals surface area contributed by atoms with Crippen LogP contribution in [-0.4, -0.2) is 16.9 Å². The monoisotopic (exact) mass is 322 g/mol. The van der Waals surface area contributed by atoms with Gasteiger partial charge in [-0.2, -0.15) is 0 Å². The Balaban J connectivity index is 1.75. The highest BCUT2D eigenvalue weighted by Gasteiger charge is 2.20. The molecule has 0 aromatic heterocycles. The molecule has 24 heavy (non-hydrogen) atoms. The highest BCUT2D eigenvalue weighted by molar-refractivity contribution is 6.11. The molecular formula is C21H22O3. The Kier molecular flexibility index (Phi) is 4.79. The summed E-state index contributed by atoms with van der Waals surface area (Å²) in [6.45, 7) is 1.75. The summed E-state index contributed by atoms with van der Waals surface area (Å²) in [6, 6.07) is 13.9. The van der Waals surface area contributed by atoms with E-state index in [1.165, 1.54) is 5.56 Å². The molecule has 0 radical (unpaired) electrons. The van der Waals surface area contributed by atoms with Crippen LogP contribution < -0.4 is 0 Å². The first-order valence-corrected chi connectivity index (χ1v) is 8.53. The van der Waals surface area contributed by atoms with Crippen molar-refractivity contribution in [3.63, 3.8) is 0 Å². The molecule has 3 heteroatoms. The highest BCUT2D eigenvalue weighted by Crippen LogP contribution is 2.26. The van der Waals surface area contributed by atoms with Gasteiger partial charge in [0.1, 0.15) is 0 Å². The summed E-state index contributed by atoms with van der Waals surface area (Å²) in [7, 11) is 0. The van der Waals surface area contributed by atoms with Crippen LogP contribution in [0, 0.1) is 5.92 Å². The first-order valence-electron chi connectivity index (χ1n) is 8.53. The van der Waals surface area contributed by atoms with Crippen molar-refractivity contribution in [2.75, 3.05) is 0 Å². The van der Waals surface area contributed by atoms with Crippen LogP contribution in [0.3, 0.4) is 0 Å². The molecule has 0 spiro atoms. The van der Waals surface area contributed by atoms with Gasteiger partial charge in [-0.15, -0.1) is 0 Å². The van der Waals surface area contributed by atoms with Gasteiger partial charge in [-0.1, -0.05) is 49.4 Å². The third-order valence-electron chi connectivity index (χ3n) is 4.86. The number of carboxylic acids is 1. The Labute approximate surface area is 142 Å². The van der Waals surface area contributed by atoms with E-state index in [2.05, 4.69) is 6.07 Å². The third kappa shape index (κ3) is 3.40. The molecule has 2 aromatic carbocycles. The molecule has 124 valence electrons. The van der Waals surface area contributed by atoms with Crippen molar-refractivity contribution in [2.45, 2.75) is 39.0 Å². The molecule has 0 saturated heterocycles. The van der Waals surface area contributed by atoms with E-state index in [-0.39, 0.29) is 11.7 Å². The molecule has 3 nitrogen and oxygen atoms in total. The topological polar surface area (TPSA) is 54.4 Å². The second kappa shape index (κ2) is 7.00. The first-order chi connectivity index (χ1) is 11.6. The van der Waals surface area contributed by atoms with Gasteiger partial charge in [-0.3, -0.25) is 9.59 Å². The van der Waals surface area contributed by atoms with Crippen molar-refractivity contribution >= 4 is 11.8 Å². The smallest absolute Gasteiger partial charge is 0.306 e. The Morgan fingerprint density at radius 3 is 2.58 bits per heavy atom. The largest absolute Gasteiger partial charge is 0.481 e. The van der Waals surface area contributed by atoms with E-state index in [1.54, 1.807) is 6.92 Å². The number of aryl methyl sites for hydroxylation is 3. The number of hydrogen-bond acceptors (Lipinski definition) is 2. The average Bonchev–Trinajstić information content (AvgIpc) is 2.72. The Morgan fingerprint density at radius 2 is 1.79 bits per heavy atom. The number of rotatable bonds is 5. The van der Waals surface area contributed by atoms with Gasteiger partial charge in [-0.25, -0.2) is 0 Å². The molecule has 1 atom stereocenters. The van der Waals surface area contributed by atoms with Crippen molar-refractivity contribution in [3.05, 3.63) is 70.3 Å². The predicted octanol–water partition coefficient (Wildman–Crippen LogP) is 4.06. The van der Waals surface area contributed by atoms with Gasteiger partial charge in [0.15, 0.2) is 5.78 Å². The number of aliphatic carboxylic acids is 1. The molecule has 2 aromatic rings. The van der Waals surface area contributed by atoms with Gasteiger partial charge in [-0.05, 0) is 48.8 Å². The summed E-state index contributed by atoms with van der Waals surface area (Å²) in [5.41, 5.74) is 5.04. The predicted molar refractivity (Wildman–Crippen MR) is 93.5 cm³/mol. The SMILES string of the molecule is CC(CCCc1ccc2c(c1)CCc1ccccc1C2=O)C(=O)O. The van der Waals surface area contributed by atoms with Gasteiger partial charge in [0.2, 0.25) is 0 Å². The molecule has 3 rings (SSSR count). The quantitative estimate of drug-likeness (QED) is 0.903. The number of carboxylic acid groups (broad SMARTS) is 1. The van der Waals surface area contributed by atoms with Crippen LogP contribution in [-0.2, 0) is 24.1 Å². The van der Waals surface area contributed by atoms with Crippen molar-refractivity contribution < 1.29 is 14.7 Å². The van der Waals surface area contributed by atoms with E-state index in [1.807, 2.05) is 36.4 Å². The van der Waals surface area contributed by atoms with Gasteiger partial charge in [0.25, 0.3) is 0 Å². The number of carbonyl (C=O) groups is 2. The number of ketones is 1. The maximum atomic E-state index is 12.8. The molecular weight excluding hydrogens is 300 g/mol. The fourth-order valence-electron chi connectivity index (χ4n) is 3.34. The van der Waals surface area contributed by atoms with E-state index in [9.17, 15) is 9.59 Å². The van der Waals surface area contributed by atoms with E-state index >= 15 is 0 Å². The third-order valence-corrected chi connectivity index (χ3v) is 4.86. The minimum Gasteiger partial charge on any atom is -0.481 e. The zero-order chi connectivity index (χ0) is 17.1. The first kappa shape index (κ1) is 16.4. The van der Waals surface area contributed by atoms with Gasteiger partial charge < -0.3 is 5.11 Å². The Bertz CT molecular complexity index is 776. The Hall–Kier alpha value is -2.42. The summed E-state index contributed by atoms with van der Waals surface area (Å²) in [4.78, 5) is 23.6. The standard InChI is InChI=1S/C21H22O3/c1-14(21(23)24)5-4-6-15-9-12-19-17(13-15)11-10-16-7-2-3-8-18(16)20(19)22/h2-3,7-9,12-14H,4-6,10-11H2,1H3,(H,23,24). The molecule has 0 aliphatic heterocycles. The van der Waals surface area contributed by atoms with Crippen LogP contribution in [0.2, 0.25) is 0 Å². The summed E-state index contributed by atoms with van der Waals surface area (Å²) in [5.74, 6) is -0.925. The second-order valence-corrected chi connectivity index (χ2v) is 6.61. The zero-order valence-corrected chi connectivity index (χ0v) is 13.9. The van der Waals surface area contributed by atoms with E-state index < -0.39 is 5.97 Å². The Morgan fingerprint density at radius 1 is 1.08 bits per heavy atom. The molecule has 0 bridgehead atoms. The van der Waals surface area contributed by atoms with Crippen LogP contribution in [0.15, 0.2) is 42.5 Å². The van der Waals surface area contributed by atoms with Crippen molar-refractivity contribution in [1.82, 2.24) is 0 Å². The second-order valence-electron chi connectivity index (χ2n) is 6.61. The lowest BCUT2D eigenvalue weighted by Gasteiger charge is -2.09. The normalized spacial score (nSPS) is 14.5. The fourth-order valence-corrected chi connectivity index (χ4v) is 3.34. The van der Waals surface area contributed by atoms with E-state index in [0.29, 0.717) is 6.42 Å². The summed E-state index contributed by atoms with van der Waals surface area (Å²) >= 11 is 0. The van der Waals surface area contributed by atoms with Crippen LogP contribution in [0.25, 0.3) is 0 Å². The highest BCUT2D eigenvalue weighted by atomic mass is 16.4.